The minimum atomic E-state index is -0.266. The number of likely N-dealkylation sites (tertiary alicyclic amines) is 1. The van der Waals surface area contributed by atoms with Gasteiger partial charge in [-0.05, 0) is 49.6 Å². The highest BCUT2D eigenvalue weighted by Crippen LogP contribution is 2.24. The number of hydrogen-bond donors (Lipinski definition) is 0. The number of benzene rings is 2. The zero-order valence-corrected chi connectivity index (χ0v) is 15.5. The molecule has 0 radical (unpaired) electrons. The average Bonchev–Trinajstić information content (AvgIpc) is 2.69. The van der Waals surface area contributed by atoms with Crippen LogP contribution in [0.3, 0.4) is 0 Å². The Morgan fingerprint density at radius 3 is 2.27 bits per heavy atom. The zero-order valence-electron chi connectivity index (χ0n) is 14.7. The van der Waals surface area contributed by atoms with Crippen LogP contribution >= 0.6 is 11.6 Å². The van der Waals surface area contributed by atoms with E-state index in [1.807, 2.05) is 37.3 Å². The van der Waals surface area contributed by atoms with E-state index in [9.17, 15) is 9.59 Å². The molecule has 0 unspecified atom stereocenters. The quantitative estimate of drug-likeness (QED) is 0.743. The number of nitrogens with zero attached hydrogens (tertiary/aromatic N) is 1. The number of carbonyl (C=O) groups excluding carboxylic acids is 2. The first-order chi connectivity index (χ1) is 12.5. The van der Waals surface area contributed by atoms with Crippen molar-refractivity contribution in [2.75, 3.05) is 13.1 Å². The smallest absolute Gasteiger partial charge is 0.309 e. The van der Waals surface area contributed by atoms with Crippen molar-refractivity contribution < 1.29 is 14.3 Å². The largest absolute Gasteiger partial charge is 0.458 e. The third kappa shape index (κ3) is 4.44. The van der Waals surface area contributed by atoms with Crippen molar-refractivity contribution in [2.45, 2.75) is 25.9 Å². The van der Waals surface area contributed by atoms with Gasteiger partial charge in [0.25, 0.3) is 5.91 Å². The lowest BCUT2D eigenvalue weighted by atomic mass is 9.96. The molecule has 4 nitrogen and oxygen atoms in total. The maximum atomic E-state index is 12.5. The predicted molar refractivity (Wildman–Crippen MR) is 101 cm³/mol. The van der Waals surface area contributed by atoms with Gasteiger partial charge < -0.3 is 9.64 Å². The van der Waals surface area contributed by atoms with Crippen molar-refractivity contribution in [1.29, 1.82) is 0 Å². The predicted octanol–water partition coefficient (Wildman–Crippen LogP) is 4.50. The Balaban J connectivity index is 1.52. The standard InChI is InChI=1S/C21H22ClNO3/c1-15(16-5-3-2-4-6-16)26-21(25)18-11-13-23(14-12-18)20(24)17-7-9-19(22)10-8-17/h2-10,15,18H,11-14H2,1H3/t15-/m0/s1. The van der Waals surface area contributed by atoms with Crippen LogP contribution in [-0.2, 0) is 9.53 Å². The van der Waals surface area contributed by atoms with Crippen LogP contribution in [0.1, 0.15) is 41.8 Å². The van der Waals surface area contributed by atoms with Crippen molar-refractivity contribution in [2.24, 2.45) is 5.92 Å². The minimum Gasteiger partial charge on any atom is -0.458 e. The van der Waals surface area contributed by atoms with Gasteiger partial charge in [-0.15, -0.1) is 0 Å². The van der Waals surface area contributed by atoms with Crippen molar-refractivity contribution in [3.05, 3.63) is 70.7 Å². The molecule has 26 heavy (non-hydrogen) atoms. The molecule has 0 saturated carbocycles. The van der Waals surface area contributed by atoms with Gasteiger partial charge >= 0.3 is 5.97 Å². The van der Waals surface area contributed by atoms with E-state index < -0.39 is 0 Å². The van der Waals surface area contributed by atoms with E-state index in [0.717, 1.165) is 5.56 Å². The number of piperidine rings is 1. The first kappa shape index (κ1) is 18.5. The van der Waals surface area contributed by atoms with Gasteiger partial charge in [-0.3, -0.25) is 9.59 Å². The number of ether oxygens (including phenoxy) is 1. The van der Waals surface area contributed by atoms with E-state index in [-0.39, 0.29) is 23.9 Å². The molecule has 5 heteroatoms. The topological polar surface area (TPSA) is 46.6 Å². The third-order valence-electron chi connectivity index (χ3n) is 4.77. The molecule has 0 aliphatic carbocycles. The fourth-order valence-electron chi connectivity index (χ4n) is 3.16. The first-order valence-electron chi connectivity index (χ1n) is 8.85. The Morgan fingerprint density at radius 1 is 1.04 bits per heavy atom. The highest BCUT2D eigenvalue weighted by molar-refractivity contribution is 6.30. The monoisotopic (exact) mass is 371 g/mol. The van der Waals surface area contributed by atoms with Gasteiger partial charge in [0.05, 0.1) is 5.92 Å². The molecule has 1 atom stereocenters. The summed E-state index contributed by atoms with van der Waals surface area (Å²) in [5.41, 5.74) is 1.60. The van der Waals surface area contributed by atoms with Gasteiger partial charge in [0.15, 0.2) is 0 Å². The number of carbonyl (C=O) groups is 2. The molecule has 136 valence electrons. The molecule has 0 spiro atoms. The van der Waals surface area contributed by atoms with Crippen molar-refractivity contribution in [3.63, 3.8) is 0 Å². The Kier molecular flexibility index (Phi) is 5.94. The fourth-order valence-corrected chi connectivity index (χ4v) is 3.28. The van der Waals surface area contributed by atoms with Crippen LogP contribution in [0.25, 0.3) is 0 Å². The Hall–Kier alpha value is -2.33. The van der Waals surface area contributed by atoms with Crippen molar-refractivity contribution in [1.82, 2.24) is 4.90 Å². The summed E-state index contributed by atoms with van der Waals surface area (Å²) in [4.78, 5) is 26.7. The lowest BCUT2D eigenvalue weighted by Crippen LogP contribution is -2.40. The third-order valence-corrected chi connectivity index (χ3v) is 5.02. The highest BCUT2D eigenvalue weighted by Gasteiger charge is 2.29. The molecule has 1 aliphatic rings. The fraction of sp³-hybridized carbons (Fsp3) is 0.333. The molecule has 0 bridgehead atoms. The van der Waals surface area contributed by atoms with E-state index in [1.54, 1.807) is 29.2 Å². The second-order valence-corrected chi connectivity index (χ2v) is 7.00. The maximum absolute atomic E-state index is 12.5. The molecule has 2 aromatic carbocycles. The summed E-state index contributed by atoms with van der Waals surface area (Å²) < 4.78 is 5.61. The molecule has 1 saturated heterocycles. The van der Waals surface area contributed by atoms with Gasteiger partial charge in [-0.1, -0.05) is 41.9 Å². The Labute approximate surface area is 158 Å². The molecule has 1 aliphatic heterocycles. The van der Waals surface area contributed by atoms with Crippen molar-refractivity contribution in [3.8, 4) is 0 Å². The van der Waals surface area contributed by atoms with Crippen LogP contribution in [0.4, 0.5) is 0 Å². The van der Waals surface area contributed by atoms with Crippen LogP contribution < -0.4 is 0 Å². The SMILES string of the molecule is C[C@H](OC(=O)C1CCN(C(=O)c2ccc(Cl)cc2)CC1)c1ccccc1. The molecular weight excluding hydrogens is 350 g/mol. The van der Waals surface area contributed by atoms with E-state index in [1.165, 1.54) is 0 Å². The Bertz CT molecular complexity index is 753. The molecule has 2 aromatic rings. The van der Waals surface area contributed by atoms with E-state index >= 15 is 0 Å². The maximum Gasteiger partial charge on any atom is 0.309 e. The van der Waals surface area contributed by atoms with Crippen LogP contribution in [0.5, 0.6) is 0 Å². The average molecular weight is 372 g/mol. The summed E-state index contributed by atoms with van der Waals surface area (Å²) >= 11 is 5.87. The van der Waals surface area contributed by atoms with Crippen LogP contribution in [0.15, 0.2) is 54.6 Å². The van der Waals surface area contributed by atoms with Gasteiger partial charge in [0.2, 0.25) is 0 Å². The number of esters is 1. The highest BCUT2D eigenvalue weighted by atomic mass is 35.5. The molecule has 1 amide bonds. The summed E-state index contributed by atoms with van der Waals surface area (Å²) in [5.74, 6) is -0.360. The summed E-state index contributed by atoms with van der Waals surface area (Å²) in [7, 11) is 0. The lowest BCUT2D eigenvalue weighted by molar-refractivity contribution is -0.155. The number of amides is 1. The molecule has 0 aromatic heterocycles. The second-order valence-electron chi connectivity index (χ2n) is 6.56. The van der Waals surface area contributed by atoms with Gasteiger partial charge in [-0.25, -0.2) is 0 Å². The van der Waals surface area contributed by atoms with Gasteiger partial charge in [0.1, 0.15) is 6.10 Å². The summed E-state index contributed by atoms with van der Waals surface area (Å²) in [6, 6.07) is 16.6. The lowest BCUT2D eigenvalue weighted by Gasteiger charge is -2.31. The summed E-state index contributed by atoms with van der Waals surface area (Å²) in [6.07, 6.45) is 0.983. The first-order valence-corrected chi connectivity index (χ1v) is 9.22. The molecule has 1 fully saturated rings. The van der Waals surface area contributed by atoms with E-state index in [0.29, 0.717) is 36.5 Å². The Morgan fingerprint density at radius 2 is 1.65 bits per heavy atom. The summed E-state index contributed by atoms with van der Waals surface area (Å²) in [6.45, 7) is 2.99. The van der Waals surface area contributed by atoms with Crippen LogP contribution in [0.2, 0.25) is 5.02 Å². The normalized spacial score (nSPS) is 16.2. The van der Waals surface area contributed by atoms with E-state index in [4.69, 9.17) is 16.3 Å². The number of hydrogen-bond acceptors (Lipinski definition) is 3. The zero-order chi connectivity index (χ0) is 18.5. The minimum absolute atomic E-state index is 0.0221. The number of rotatable bonds is 4. The summed E-state index contributed by atoms with van der Waals surface area (Å²) in [5, 5.41) is 0.607. The van der Waals surface area contributed by atoms with Crippen LogP contribution in [0, 0.1) is 5.92 Å². The number of halogens is 1. The molecule has 1 heterocycles. The van der Waals surface area contributed by atoms with Gasteiger partial charge in [0, 0.05) is 23.7 Å². The van der Waals surface area contributed by atoms with E-state index in [2.05, 4.69) is 0 Å². The van der Waals surface area contributed by atoms with Crippen molar-refractivity contribution >= 4 is 23.5 Å². The second kappa shape index (κ2) is 8.37. The molecule has 3 rings (SSSR count). The van der Waals surface area contributed by atoms with Crippen LogP contribution in [-0.4, -0.2) is 29.9 Å². The molecular formula is C21H22ClNO3. The van der Waals surface area contributed by atoms with Gasteiger partial charge in [-0.2, -0.15) is 0 Å². The molecule has 0 N–H and O–H groups in total.